The SMILES string of the molecule is CNC[C@H](C)Oc1ccc(N)c(OC)c1. The van der Waals surface area contributed by atoms with Gasteiger partial charge in [0.1, 0.15) is 17.6 Å². The molecular weight excluding hydrogens is 192 g/mol. The molecule has 0 aliphatic carbocycles. The van der Waals surface area contributed by atoms with Crippen molar-refractivity contribution in [2.45, 2.75) is 13.0 Å². The number of nitrogen functional groups attached to an aromatic ring is 1. The zero-order valence-electron chi connectivity index (χ0n) is 9.41. The van der Waals surface area contributed by atoms with Gasteiger partial charge in [0.25, 0.3) is 0 Å². The minimum atomic E-state index is 0.114. The van der Waals surface area contributed by atoms with E-state index in [1.165, 1.54) is 0 Å². The predicted octanol–water partition coefficient (Wildman–Crippen LogP) is 1.26. The molecule has 3 N–H and O–H groups in total. The van der Waals surface area contributed by atoms with E-state index < -0.39 is 0 Å². The molecule has 0 aliphatic heterocycles. The second-order valence-corrected chi connectivity index (χ2v) is 3.39. The Morgan fingerprint density at radius 1 is 1.47 bits per heavy atom. The second kappa shape index (κ2) is 5.46. The Labute approximate surface area is 90.4 Å². The van der Waals surface area contributed by atoms with Crippen LogP contribution in [0.15, 0.2) is 18.2 Å². The topological polar surface area (TPSA) is 56.5 Å². The van der Waals surface area contributed by atoms with Crippen LogP contribution in [0.2, 0.25) is 0 Å². The maximum Gasteiger partial charge on any atom is 0.145 e. The summed E-state index contributed by atoms with van der Waals surface area (Å²) in [5, 5.41) is 3.05. The van der Waals surface area contributed by atoms with Crippen molar-refractivity contribution in [1.82, 2.24) is 5.32 Å². The molecule has 1 aromatic rings. The van der Waals surface area contributed by atoms with E-state index in [-0.39, 0.29) is 6.10 Å². The molecule has 0 saturated carbocycles. The first-order chi connectivity index (χ1) is 7.17. The Bertz CT molecular complexity index is 315. The van der Waals surface area contributed by atoms with Gasteiger partial charge in [-0.2, -0.15) is 0 Å². The molecule has 0 fully saturated rings. The van der Waals surface area contributed by atoms with Crippen LogP contribution in [0.25, 0.3) is 0 Å². The third-order valence-corrected chi connectivity index (χ3v) is 2.03. The lowest BCUT2D eigenvalue weighted by Gasteiger charge is -2.15. The van der Waals surface area contributed by atoms with Gasteiger partial charge in [0.15, 0.2) is 0 Å². The summed E-state index contributed by atoms with van der Waals surface area (Å²) in [7, 11) is 3.48. The zero-order valence-corrected chi connectivity index (χ0v) is 9.41. The van der Waals surface area contributed by atoms with Crippen molar-refractivity contribution in [1.29, 1.82) is 0 Å². The Kier molecular flexibility index (Phi) is 4.24. The minimum Gasteiger partial charge on any atom is -0.494 e. The van der Waals surface area contributed by atoms with Crippen LogP contribution in [0.5, 0.6) is 11.5 Å². The Morgan fingerprint density at radius 3 is 2.80 bits per heavy atom. The van der Waals surface area contributed by atoms with Crippen LogP contribution >= 0.6 is 0 Å². The fraction of sp³-hybridized carbons (Fsp3) is 0.455. The van der Waals surface area contributed by atoms with E-state index >= 15 is 0 Å². The fourth-order valence-electron chi connectivity index (χ4n) is 1.33. The number of benzene rings is 1. The molecule has 0 bridgehead atoms. The lowest BCUT2D eigenvalue weighted by molar-refractivity contribution is 0.220. The van der Waals surface area contributed by atoms with Gasteiger partial charge in [-0.3, -0.25) is 0 Å². The molecule has 1 aromatic carbocycles. The number of nitrogens with two attached hydrogens (primary N) is 1. The average molecular weight is 210 g/mol. The molecule has 0 spiro atoms. The number of ether oxygens (including phenoxy) is 2. The number of rotatable bonds is 5. The van der Waals surface area contributed by atoms with Crippen LogP contribution in [0.3, 0.4) is 0 Å². The number of nitrogens with one attached hydrogen (secondary N) is 1. The quantitative estimate of drug-likeness (QED) is 0.718. The highest BCUT2D eigenvalue weighted by Gasteiger charge is 2.05. The summed E-state index contributed by atoms with van der Waals surface area (Å²) in [6.07, 6.45) is 0.114. The van der Waals surface area contributed by atoms with E-state index in [0.717, 1.165) is 12.3 Å². The first kappa shape index (κ1) is 11.7. The largest absolute Gasteiger partial charge is 0.494 e. The van der Waals surface area contributed by atoms with E-state index in [1.807, 2.05) is 20.0 Å². The first-order valence-electron chi connectivity index (χ1n) is 4.92. The number of hydrogen-bond acceptors (Lipinski definition) is 4. The van der Waals surface area contributed by atoms with Crippen LogP contribution in [-0.4, -0.2) is 26.8 Å². The molecule has 1 atom stereocenters. The maximum absolute atomic E-state index is 5.70. The summed E-state index contributed by atoms with van der Waals surface area (Å²) in [4.78, 5) is 0. The minimum absolute atomic E-state index is 0.114. The highest BCUT2D eigenvalue weighted by molar-refractivity contribution is 5.55. The van der Waals surface area contributed by atoms with Gasteiger partial charge in [-0.1, -0.05) is 0 Å². The van der Waals surface area contributed by atoms with Gasteiger partial charge in [0.05, 0.1) is 12.8 Å². The van der Waals surface area contributed by atoms with Crippen LogP contribution in [0, 0.1) is 0 Å². The van der Waals surface area contributed by atoms with Gasteiger partial charge in [-0.15, -0.1) is 0 Å². The molecule has 4 heteroatoms. The number of methoxy groups -OCH3 is 1. The molecular formula is C11H18N2O2. The monoisotopic (exact) mass is 210 g/mol. The standard InChI is InChI=1S/C11H18N2O2/c1-8(7-13-2)15-9-4-5-10(12)11(6-9)14-3/h4-6,8,13H,7,12H2,1-3H3/t8-/m0/s1. The van der Waals surface area contributed by atoms with Gasteiger partial charge in [-0.05, 0) is 26.1 Å². The third-order valence-electron chi connectivity index (χ3n) is 2.03. The van der Waals surface area contributed by atoms with E-state index in [2.05, 4.69) is 5.32 Å². The van der Waals surface area contributed by atoms with E-state index in [1.54, 1.807) is 19.2 Å². The Hall–Kier alpha value is -1.42. The third kappa shape index (κ3) is 3.32. The van der Waals surface area contributed by atoms with Gasteiger partial charge in [-0.25, -0.2) is 0 Å². The molecule has 1 rings (SSSR count). The highest BCUT2D eigenvalue weighted by Crippen LogP contribution is 2.26. The number of likely N-dealkylation sites (N-methyl/N-ethyl adjacent to an activating group) is 1. The molecule has 0 heterocycles. The molecule has 84 valence electrons. The molecule has 0 unspecified atom stereocenters. The molecule has 0 aromatic heterocycles. The molecule has 0 amide bonds. The summed E-state index contributed by atoms with van der Waals surface area (Å²) in [5.41, 5.74) is 6.31. The van der Waals surface area contributed by atoms with Crippen molar-refractivity contribution >= 4 is 5.69 Å². The van der Waals surface area contributed by atoms with Gasteiger partial charge in [0, 0.05) is 12.6 Å². The summed E-state index contributed by atoms with van der Waals surface area (Å²) in [6, 6.07) is 5.41. The van der Waals surface area contributed by atoms with Crippen LogP contribution in [0.4, 0.5) is 5.69 Å². The van der Waals surface area contributed by atoms with Crippen molar-refractivity contribution in [2.24, 2.45) is 0 Å². The Balaban J connectivity index is 2.69. The summed E-state index contributed by atoms with van der Waals surface area (Å²) in [6.45, 7) is 2.80. The van der Waals surface area contributed by atoms with Crippen LogP contribution in [-0.2, 0) is 0 Å². The smallest absolute Gasteiger partial charge is 0.145 e. The Morgan fingerprint density at radius 2 is 2.20 bits per heavy atom. The van der Waals surface area contributed by atoms with Crippen molar-refractivity contribution in [2.75, 3.05) is 26.4 Å². The molecule has 4 nitrogen and oxygen atoms in total. The molecule has 0 aliphatic rings. The molecule has 0 radical (unpaired) electrons. The van der Waals surface area contributed by atoms with E-state index in [0.29, 0.717) is 11.4 Å². The van der Waals surface area contributed by atoms with Crippen molar-refractivity contribution in [3.8, 4) is 11.5 Å². The lowest BCUT2D eigenvalue weighted by atomic mass is 10.3. The normalized spacial score (nSPS) is 12.2. The van der Waals surface area contributed by atoms with Gasteiger partial charge >= 0.3 is 0 Å². The second-order valence-electron chi connectivity index (χ2n) is 3.39. The van der Waals surface area contributed by atoms with Gasteiger partial charge in [0.2, 0.25) is 0 Å². The van der Waals surface area contributed by atoms with Crippen molar-refractivity contribution < 1.29 is 9.47 Å². The van der Waals surface area contributed by atoms with Gasteiger partial charge < -0.3 is 20.5 Å². The number of hydrogen-bond donors (Lipinski definition) is 2. The highest BCUT2D eigenvalue weighted by atomic mass is 16.5. The van der Waals surface area contributed by atoms with E-state index in [4.69, 9.17) is 15.2 Å². The van der Waals surface area contributed by atoms with Crippen molar-refractivity contribution in [3.63, 3.8) is 0 Å². The first-order valence-corrected chi connectivity index (χ1v) is 4.92. The fourth-order valence-corrected chi connectivity index (χ4v) is 1.33. The maximum atomic E-state index is 5.70. The van der Waals surface area contributed by atoms with Crippen LogP contribution < -0.4 is 20.5 Å². The molecule has 0 saturated heterocycles. The lowest BCUT2D eigenvalue weighted by Crippen LogP contribution is -2.25. The summed E-state index contributed by atoms with van der Waals surface area (Å²) in [5.74, 6) is 1.41. The summed E-state index contributed by atoms with van der Waals surface area (Å²) < 4.78 is 10.8. The zero-order chi connectivity index (χ0) is 11.3. The van der Waals surface area contributed by atoms with Crippen molar-refractivity contribution in [3.05, 3.63) is 18.2 Å². The predicted molar refractivity (Wildman–Crippen MR) is 61.4 cm³/mol. The molecule has 15 heavy (non-hydrogen) atoms. The summed E-state index contributed by atoms with van der Waals surface area (Å²) >= 11 is 0. The van der Waals surface area contributed by atoms with Crippen LogP contribution in [0.1, 0.15) is 6.92 Å². The average Bonchev–Trinajstić information content (AvgIpc) is 2.21. The number of anilines is 1. The van der Waals surface area contributed by atoms with E-state index in [9.17, 15) is 0 Å².